The molecule has 0 saturated carbocycles. The van der Waals surface area contributed by atoms with Crippen LogP contribution in [-0.4, -0.2) is 20.4 Å². The fraction of sp³-hybridized carbons (Fsp3) is 0.250. The van der Waals surface area contributed by atoms with Crippen molar-refractivity contribution in [2.75, 3.05) is 14.2 Å². The molecule has 0 bridgehead atoms. The molecule has 0 atom stereocenters. The van der Waals surface area contributed by atoms with Crippen molar-refractivity contribution >= 4 is 6.21 Å². The molecule has 0 unspecified atom stereocenters. The third kappa shape index (κ3) is 3.85. The number of hydrogen-bond donors (Lipinski definition) is 0. The molecule has 0 aromatic rings. The van der Waals surface area contributed by atoms with Gasteiger partial charge in [-0.1, -0.05) is 12.7 Å². The third-order valence-corrected chi connectivity index (χ3v) is 1.91. The van der Waals surface area contributed by atoms with Crippen molar-refractivity contribution in [1.29, 1.82) is 0 Å². The summed E-state index contributed by atoms with van der Waals surface area (Å²) in [6, 6.07) is 0. The first kappa shape index (κ1) is 11.3. The average Bonchev–Trinajstić information content (AvgIpc) is 2.25. The van der Waals surface area contributed by atoms with Crippen LogP contribution in [0.15, 0.2) is 53.1 Å². The summed E-state index contributed by atoms with van der Waals surface area (Å²) in [5, 5.41) is 0. The van der Waals surface area contributed by atoms with Crippen LogP contribution in [0.25, 0.3) is 0 Å². The van der Waals surface area contributed by atoms with Gasteiger partial charge in [-0.3, -0.25) is 4.99 Å². The highest BCUT2D eigenvalue weighted by Crippen LogP contribution is 2.09. The Hall–Kier alpha value is -1.77. The van der Waals surface area contributed by atoms with E-state index in [0.29, 0.717) is 5.70 Å². The molecular formula is C12H15NO2. The predicted octanol–water partition coefficient (Wildman–Crippen LogP) is 2.59. The first-order chi connectivity index (χ1) is 7.26. The lowest BCUT2D eigenvalue weighted by atomic mass is 10.2. The number of ether oxygens (including phenoxy) is 2. The van der Waals surface area contributed by atoms with Crippen LogP contribution in [0.5, 0.6) is 0 Å². The van der Waals surface area contributed by atoms with Crippen molar-refractivity contribution in [2.45, 2.75) is 6.42 Å². The van der Waals surface area contributed by atoms with Crippen molar-refractivity contribution < 1.29 is 9.47 Å². The van der Waals surface area contributed by atoms with E-state index >= 15 is 0 Å². The van der Waals surface area contributed by atoms with E-state index in [0.717, 1.165) is 17.9 Å². The highest BCUT2D eigenvalue weighted by Gasteiger charge is 1.96. The lowest BCUT2D eigenvalue weighted by Gasteiger charge is -2.04. The molecule has 15 heavy (non-hydrogen) atoms. The van der Waals surface area contributed by atoms with Gasteiger partial charge in [0.25, 0.3) is 0 Å². The molecule has 3 heteroatoms. The second-order valence-electron chi connectivity index (χ2n) is 2.96. The van der Waals surface area contributed by atoms with Gasteiger partial charge in [-0.15, -0.1) is 0 Å². The molecule has 0 saturated heterocycles. The van der Waals surface area contributed by atoms with E-state index in [2.05, 4.69) is 11.6 Å². The summed E-state index contributed by atoms with van der Waals surface area (Å²) >= 11 is 0. The minimum atomic E-state index is 0.644. The summed E-state index contributed by atoms with van der Waals surface area (Å²) in [6.45, 7) is 3.78. The quantitative estimate of drug-likeness (QED) is 0.693. The number of allylic oxidation sites excluding steroid dienone is 4. The minimum Gasteiger partial charge on any atom is -0.501 e. The zero-order chi connectivity index (χ0) is 11.1. The van der Waals surface area contributed by atoms with Gasteiger partial charge < -0.3 is 9.47 Å². The monoisotopic (exact) mass is 205 g/mol. The van der Waals surface area contributed by atoms with E-state index in [1.54, 1.807) is 26.5 Å². The highest BCUT2D eigenvalue weighted by molar-refractivity contribution is 5.73. The fourth-order valence-corrected chi connectivity index (χ4v) is 1.10. The van der Waals surface area contributed by atoms with E-state index in [1.807, 2.05) is 18.2 Å². The maximum atomic E-state index is 5.16. The van der Waals surface area contributed by atoms with Gasteiger partial charge in [0, 0.05) is 18.7 Å². The third-order valence-electron chi connectivity index (χ3n) is 1.91. The summed E-state index contributed by atoms with van der Waals surface area (Å²) in [5.74, 6) is 1.58. The molecule has 0 N–H and O–H groups in total. The largest absolute Gasteiger partial charge is 0.501 e. The van der Waals surface area contributed by atoms with Crippen LogP contribution in [0.4, 0.5) is 0 Å². The Bertz CT molecular complexity index is 349. The smallest absolute Gasteiger partial charge is 0.120 e. The normalized spacial score (nSPS) is 28.0. The van der Waals surface area contributed by atoms with Crippen LogP contribution >= 0.6 is 0 Å². The molecule has 0 spiro atoms. The molecule has 1 aliphatic rings. The molecule has 0 fully saturated rings. The van der Waals surface area contributed by atoms with E-state index in [-0.39, 0.29) is 0 Å². The number of nitrogens with zero attached hydrogens (tertiary/aromatic N) is 1. The van der Waals surface area contributed by atoms with E-state index < -0.39 is 0 Å². The Kier molecular flexibility index (Phi) is 4.41. The number of aliphatic imine (C=N–C) groups is 1. The lowest BCUT2D eigenvalue weighted by Crippen LogP contribution is -1.89. The van der Waals surface area contributed by atoms with Crippen molar-refractivity contribution in [3.63, 3.8) is 0 Å². The van der Waals surface area contributed by atoms with Crippen molar-refractivity contribution in [3.05, 3.63) is 48.1 Å². The van der Waals surface area contributed by atoms with E-state index in [9.17, 15) is 0 Å². The second kappa shape index (κ2) is 5.86. The summed E-state index contributed by atoms with van der Waals surface area (Å²) in [6.07, 6.45) is 9.83. The van der Waals surface area contributed by atoms with Gasteiger partial charge in [0.1, 0.15) is 11.5 Å². The molecule has 0 radical (unpaired) electrons. The van der Waals surface area contributed by atoms with Crippen molar-refractivity contribution in [2.24, 2.45) is 4.99 Å². The first-order valence-electron chi connectivity index (χ1n) is 4.64. The van der Waals surface area contributed by atoms with Crippen molar-refractivity contribution in [3.8, 4) is 0 Å². The van der Waals surface area contributed by atoms with Crippen LogP contribution in [-0.2, 0) is 9.47 Å². The zero-order valence-electron chi connectivity index (χ0n) is 9.06. The van der Waals surface area contributed by atoms with Gasteiger partial charge in [-0.05, 0) is 12.2 Å². The van der Waals surface area contributed by atoms with Gasteiger partial charge in [-0.2, -0.15) is 0 Å². The molecular weight excluding hydrogens is 190 g/mol. The Morgan fingerprint density at radius 2 is 2.13 bits per heavy atom. The predicted molar refractivity (Wildman–Crippen MR) is 61.6 cm³/mol. The maximum Gasteiger partial charge on any atom is 0.120 e. The Morgan fingerprint density at radius 1 is 1.33 bits per heavy atom. The molecule has 1 aliphatic heterocycles. The SMILES string of the molecule is C=C1/C=C(OC)\C=C/C/C(OC)=C\C=N/1. The molecule has 0 aromatic carbocycles. The summed E-state index contributed by atoms with van der Waals surface area (Å²) in [4.78, 5) is 4.12. The number of rotatable bonds is 2. The van der Waals surface area contributed by atoms with Crippen LogP contribution in [0.2, 0.25) is 0 Å². The standard InChI is InChI=1S/C12H15NO2/c1-10-9-12(15-3)6-4-5-11(14-2)7-8-13-10/h4,6-9H,1,5H2,2-3H3/b6-4-,11-7+,12-9+,13-8-. The van der Waals surface area contributed by atoms with Gasteiger partial charge in [0.2, 0.25) is 0 Å². The average molecular weight is 205 g/mol. The fourth-order valence-electron chi connectivity index (χ4n) is 1.10. The molecule has 0 aliphatic carbocycles. The molecule has 1 heterocycles. The molecule has 3 nitrogen and oxygen atoms in total. The number of methoxy groups -OCH3 is 2. The van der Waals surface area contributed by atoms with E-state index in [4.69, 9.17) is 9.47 Å². The van der Waals surface area contributed by atoms with Gasteiger partial charge in [0.15, 0.2) is 0 Å². The number of hydrogen-bond acceptors (Lipinski definition) is 3. The van der Waals surface area contributed by atoms with Crippen LogP contribution in [0.3, 0.4) is 0 Å². The molecule has 0 aromatic heterocycles. The van der Waals surface area contributed by atoms with Crippen LogP contribution in [0.1, 0.15) is 6.42 Å². The summed E-state index contributed by atoms with van der Waals surface area (Å²) in [7, 11) is 3.26. The first-order valence-corrected chi connectivity index (χ1v) is 4.64. The Morgan fingerprint density at radius 3 is 2.80 bits per heavy atom. The Labute approximate surface area is 90.1 Å². The van der Waals surface area contributed by atoms with Crippen molar-refractivity contribution in [1.82, 2.24) is 0 Å². The summed E-state index contributed by atoms with van der Waals surface area (Å²) in [5.41, 5.74) is 0.644. The second-order valence-corrected chi connectivity index (χ2v) is 2.96. The van der Waals surface area contributed by atoms with Crippen LogP contribution in [0, 0.1) is 0 Å². The van der Waals surface area contributed by atoms with Gasteiger partial charge in [0.05, 0.1) is 19.9 Å². The van der Waals surface area contributed by atoms with Gasteiger partial charge >= 0.3 is 0 Å². The molecule has 0 amide bonds. The minimum absolute atomic E-state index is 0.644. The van der Waals surface area contributed by atoms with Crippen LogP contribution < -0.4 is 0 Å². The maximum absolute atomic E-state index is 5.16. The zero-order valence-corrected chi connectivity index (χ0v) is 9.06. The molecule has 80 valence electrons. The Balaban J connectivity index is 2.90. The lowest BCUT2D eigenvalue weighted by molar-refractivity contribution is 0.285. The topological polar surface area (TPSA) is 30.8 Å². The van der Waals surface area contributed by atoms with Gasteiger partial charge in [-0.25, -0.2) is 0 Å². The highest BCUT2D eigenvalue weighted by atomic mass is 16.5. The van der Waals surface area contributed by atoms with E-state index in [1.165, 1.54) is 0 Å². The molecule has 1 rings (SSSR count). The summed E-state index contributed by atoms with van der Waals surface area (Å²) < 4.78 is 10.3.